The third-order valence-electron chi connectivity index (χ3n) is 3.77. The third-order valence-corrected chi connectivity index (χ3v) is 4.86. The molecule has 1 aliphatic heterocycles. The number of non-ortho nitro benzene ring substituents is 1. The van der Waals surface area contributed by atoms with Crippen LogP contribution in [0.1, 0.15) is 43.6 Å². The number of fused-ring (bicyclic) bond motifs is 1. The number of thiophene rings is 1. The number of nitro benzene ring substituents is 1. The maximum absolute atomic E-state index is 12.5. The Morgan fingerprint density at radius 3 is 2.60 bits per heavy atom. The van der Waals surface area contributed by atoms with Crippen molar-refractivity contribution in [2.24, 2.45) is 0 Å². The third kappa shape index (κ3) is 3.05. The smallest absolute Gasteiger partial charge is 0.350 e. The summed E-state index contributed by atoms with van der Waals surface area (Å²) in [4.78, 5) is 35.9. The van der Waals surface area contributed by atoms with Gasteiger partial charge in [-0.05, 0) is 31.5 Å². The van der Waals surface area contributed by atoms with E-state index in [1.54, 1.807) is 26.0 Å². The predicted molar refractivity (Wildman–Crippen MR) is 91.9 cm³/mol. The summed E-state index contributed by atoms with van der Waals surface area (Å²) >= 11 is 1.20. The van der Waals surface area contributed by atoms with Gasteiger partial charge in [-0.25, -0.2) is 4.79 Å². The van der Waals surface area contributed by atoms with Crippen LogP contribution in [0.2, 0.25) is 0 Å². The van der Waals surface area contributed by atoms with Crippen LogP contribution < -0.4 is 10.6 Å². The molecule has 1 aromatic heterocycles. The topological polar surface area (TPSA) is 111 Å². The standard InChI is InChI=1S/C16H15N3O5S/c1-3-24-16(21)13-12-11(8(2)25-13)15(20)18-14(17-12)9-4-6-10(7-5-9)19(22)23/h4-7,14,17H,3H2,1-2H3,(H,18,20)/t14-/m1/s1. The number of carbonyl (C=O) groups excluding carboxylic acids is 2. The van der Waals surface area contributed by atoms with Gasteiger partial charge >= 0.3 is 5.97 Å². The van der Waals surface area contributed by atoms with Crippen molar-refractivity contribution in [2.45, 2.75) is 20.0 Å². The number of hydrogen-bond donors (Lipinski definition) is 2. The van der Waals surface area contributed by atoms with E-state index in [-0.39, 0.29) is 18.2 Å². The van der Waals surface area contributed by atoms with Gasteiger partial charge in [0.05, 0.1) is 22.8 Å². The normalized spacial score (nSPS) is 15.8. The van der Waals surface area contributed by atoms with Gasteiger partial charge in [-0.2, -0.15) is 0 Å². The van der Waals surface area contributed by atoms with Gasteiger partial charge in [0, 0.05) is 17.0 Å². The number of carbonyl (C=O) groups is 2. The predicted octanol–water partition coefficient (Wildman–Crippen LogP) is 3.00. The largest absolute Gasteiger partial charge is 0.462 e. The molecule has 0 saturated carbocycles. The minimum absolute atomic E-state index is 0.0369. The van der Waals surface area contributed by atoms with Crippen molar-refractivity contribution in [3.05, 3.63) is 55.3 Å². The van der Waals surface area contributed by atoms with E-state index >= 15 is 0 Å². The lowest BCUT2D eigenvalue weighted by atomic mass is 10.1. The van der Waals surface area contributed by atoms with Crippen LogP contribution in [-0.4, -0.2) is 23.4 Å². The Bertz CT molecular complexity index is 859. The van der Waals surface area contributed by atoms with E-state index in [9.17, 15) is 19.7 Å². The molecule has 9 heteroatoms. The summed E-state index contributed by atoms with van der Waals surface area (Å²) in [5.41, 5.74) is 1.47. The number of anilines is 1. The lowest BCUT2D eigenvalue weighted by Gasteiger charge is -2.27. The summed E-state index contributed by atoms with van der Waals surface area (Å²) in [6.07, 6.45) is -0.594. The van der Waals surface area contributed by atoms with E-state index in [1.165, 1.54) is 23.5 Å². The zero-order valence-corrected chi connectivity index (χ0v) is 14.3. The fourth-order valence-electron chi connectivity index (χ4n) is 2.64. The van der Waals surface area contributed by atoms with Crippen molar-refractivity contribution in [2.75, 3.05) is 11.9 Å². The number of nitrogens with one attached hydrogen (secondary N) is 2. The number of benzene rings is 1. The van der Waals surface area contributed by atoms with Crippen molar-refractivity contribution in [3.63, 3.8) is 0 Å². The number of rotatable bonds is 4. The highest BCUT2D eigenvalue weighted by Crippen LogP contribution is 2.38. The fraction of sp³-hybridized carbons (Fsp3) is 0.250. The average molecular weight is 361 g/mol. The molecule has 0 fully saturated rings. The van der Waals surface area contributed by atoms with Crippen LogP contribution in [0.5, 0.6) is 0 Å². The average Bonchev–Trinajstić information content (AvgIpc) is 2.92. The Kier molecular flexibility index (Phi) is 4.41. The fourth-order valence-corrected chi connectivity index (χ4v) is 3.64. The second-order valence-corrected chi connectivity index (χ2v) is 6.58. The number of amides is 1. The molecule has 0 radical (unpaired) electrons. The first-order valence-corrected chi connectivity index (χ1v) is 8.36. The summed E-state index contributed by atoms with van der Waals surface area (Å²) < 4.78 is 5.05. The second kappa shape index (κ2) is 6.52. The first-order chi connectivity index (χ1) is 11.9. The maximum Gasteiger partial charge on any atom is 0.350 e. The zero-order chi connectivity index (χ0) is 18.1. The molecule has 25 heavy (non-hydrogen) atoms. The molecular formula is C16H15N3O5S. The van der Waals surface area contributed by atoms with Crippen molar-refractivity contribution in [3.8, 4) is 0 Å². The highest BCUT2D eigenvalue weighted by Gasteiger charge is 2.33. The molecule has 2 N–H and O–H groups in total. The number of aryl methyl sites for hydroxylation is 1. The lowest BCUT2D eigenvalue weighted by Crippen LogP contribution is -2.38. The van der Waals surface area contributed by atoms with Gasteiger partial charge in [-0.3, -0.25) is 14.9 Å². The summed E-state index contributed by atoms with van der Waals surface area (Å²) in [7, 11) is 0. The molecule has 1 atom stereocenters. The Balaban J connectivity index is 1.95. The van der Waals surface area contributed by atoms with Gasteiger partial charge in [-0.15, -0.1) is 11.3 Å². The molecule has 1 aromatic carbocycles. The molecular weight excluding hydrogens is 346 g/mol. The van der Waals surface area contributed by atoms with Gasteiger partial charge in [0.2, 0.25) is 0 Å². The monoisotopic (exact) mass is 361 g/mol. The van der Waals surface area contributed by atoms with Gasteiger partial charge < -0.3 is 15.4 Å². The van der Waals surface area contributed by atoms with Gasteiger partial charge in [-0.1, -0.05) is 0 Å². The molecule has 1 aliphatic rings. The minimum Gasteiger partial charge on any atom is -0.462 e. The number of nitrogens with zero attached hydrogens (tertiary/aromatic N) is 1. The van der Waals surface area contributed by atoms with Gasteiger partial charge in [0.15, 0.2) is 0 Å². The SMILES string of the molecule is CCOC(=O)c1sc(C)c2c1N[C@@H](c1ccc([N+](=O)[O-])cc1)NC2=O. The first-order valence-electron chi connectivity index (χ1n) is 7.54. The first kappa shape index (κ1) is 16.9. The van der Waals surface area contributed by atoms with E-state index in [0.717, 1.165) is 0 Å². The summed E-state index contributed by atoms with van der Waals surface area (Å²) in [6, 6.07) is 5.85. The second-order valence-electron chi connectivity index (χ2n) is 5.36. The molecule has 130 valence electrons. The molecule has 0 unspecified atom stereocenters. The molecule has 0 spiro atoms. The van der Waals surface area contributed by atoms with Crippen LogP contribution in [0.25, 0.3) is 0 Å². The van der Waals surface area contributed by atoms with E-state index in [1.807, 2.05) is 0 Å². The molecule has 0 saturated heterocycles. The highest BCUT2D eigenvalue weighted by atomic mass is 32.1. The van der Waals surface area contributed by atoms with Crippen LogP contribution in [0.4, 0.5) is 11.4 Å². The Hall–Kier alpha value is -2.94. The van der Waals surface area contributed by atoms with Crippen molar-refractivity contribution in [1.29, 1.82) is 0 Å². The van der Waals surface area contributed by atoms with E-state index in [4.69, 9.17) is 4.74 Å². The van der Waals surface area contributed by atoms with Crippen molar-refractivity contribution >= 4 is 34.6 Å². The highest BCUT2D eigenvalue weighted by molar-refractivity contribution is 7.15. The van der Waals surface area contributed by atoms with Crippen LogP contribution in [-0.2, 0) is 4.74 Å². The van der Waals surface area contributed by atoms with Crippen LogP contribution in [0, 0.1) is 17.0 Å². The Labute approximate surface area is 147 Å². The van der Waals surface area contributed by atoms with E-state index in [2.05, 4.69) is 10.6 Å². The molecule has 8 nitrogen and oxygen atoms in total. The van der Waals surface area contributed by atoms with Crippen molar-refractivity contribution < 1.29 is 19.2 Å². The van der Waals surface area contributed by atoms with Gasteiger partial charge in [0.25, 0.3) is 11.6 Å². The number of ether oxygens (including phenoxy) is 1. The number of nitro groups is 1. The lowest BCUT2D eigenvalue weighted by molar-refractivity contribution is -0.384. The van der Waals surface area contributed by atoms with Gasteiger partial charge in [0.1, 0.15) is 11.0 Å². The quantitative estimate of drug-likeness (QED) is 0.492. The van der Waals surface area contributed by atoms with E-state index in [0.29, 0.717) is 26.6 Å². The van der Waals surface area contributed by atoms with Crippen LogP contribution in [0.3, 0.4) is 0 Å². The Morgan fingerprint density at radius 1 is 1.32 bits per heavy atom. The molecule has 0 bridgehead atoms. The molecule has 0 aliphatic carbocycles. The summed E-state index contributed by atoms with van der Waals surface area (Å²) in [5.74, 6) is -0.789. The maximum atomic E-state index is 12.5. The Morgan fingerprint density at radius 2 is 2.00 bits per heavy atom. The number of esters is 1. The molecule has 1 amide bonds. The zero-order valence-electron chi connectivity index (χ0n) is 13.5. The van der Waals surface area contributed by atoms with Crippen LogP contribution in [0.15, 0.2) is 24.3 Å². The summed E-state index contributed by atoms with van der Waals surface area (Å²) in [5, 5.41) is 16.7. The molecule has 3 rings (SSSR count). The van der Waals surface area contributed by atoms with Crippen molar-refractivity contribution in [1.82, 2.24) is 5.32 Å². The number of hydrogen-bond acceptors (Lipinski definition) is 7. The summed E-state index contributed by atoms with van der Waals surface area (Å²) in [6.45, 7) is 3.72. The molecule has 2 aromatic rings. The van der Waals surface area contributed by atoms with E-state index < -0.39 is 17.1 Å². The van der Waals surface area contributed by atoms with Crippen LogP contribution >= 0.6 is 11.3 Å². The minimum atomic E-state index is -0.594. The molecule has 2 heterocycles.